The van der Waals surface area contributed by atoms with E-state index in [-0.39, 0.29) is 29.8 Å². The van der Waals surface area contributed by atoms with Gasteiger partial charge < -0.3 is 9.88 Å². The zero-order valence-corrected chi connectivity index (χ0v) is 17.1. The summed E-state index contributed by atoms with van der Waals surface area (Å²) in [6.45, 7) is 2.49. The summed E-state index contributed by atoms with van der Waals surface area (Å²) in [6, 6.07) is 8.77. The predicted octanol–water partition coefficient (Wildman–Crippen LogP) is 1.53. The van der Waals surface area contributed by atoms with Crippen LogP contribution >= 0.6 is 0 Å². The van der Waals surface area contributed by atoms with Crippen molar-refractivity contribution in [3.05, 3.63) is 46.2 Å². The monoisotopic (exact) mass is 405 g/mol. The molecule has 2 aromatic rings. The minimum absolute atomic E-state index is 0.0450. The van der Waals surface area contributed by atoms with E-state index in [1.807, 2.05) is 29.7 Å². The van der Waals surface area contributed by atoms with Gasteiger partial charge in [0.2, 0.25) is 15.9 Å². The van der Waals surface area contributed by atoms with Gasteiger partial charge >= 0.3 is 0 Å². The van der Waals surface area contributed by atoms with Crippen molar-refractivity contribution in [2.24, 2.45) is 5.92 Å². The maximum atomic E-state index is 12.5. The van der Waals surface area contributed by atoms with Crippen molar-refractivity contribution in [1.82, 2.24) is 14.6 Å². The largest absolute Gasteiger partial charge is 0.354 e. The summed E-state index contributed by atoms with van der Waals surface area (Å²) < 4.78 is 27.4. The number of sulfonamides is 1. The summed E-state index contributed by atoms with van der Waals surface area (Å²) in [4.78, 5) is 24.7. The lowest BCUT2D eigenvalue weighted by molar-refractivity contribution is -0.121. The zero-order valence-electron chi connectivity index (χ0n) is 16.3. The number of hydrogen-bond acceptors (Lipinski definition) is 4. The van der Waals surface area contributed by atoms with E-state index in [0.717, 1.165) is 36.9 Å². The molecular formula is C20H27N3O4S. The molecule has 8 heteroatoms. The predicted molar refractivity (Wildman–Crippen MR) is 110 cm³/mol. The molecule has 0 aliphatic heterocycles. The number of carbonyl (C=O) groups excluding carboxylic acids is 1. The Morgan fingerprint density at radius 2 is 2.00 bits per heavy atom. The van der Waals surface area contributed by atoms with E-state index in [1.165, 1.54) is 6.26 Å². The van der Waals surface area contributed by atoms with E-state index >= 15 is 0 Å². The molecule has 1 aliphatic carbocycles. The van der Waals surface area contributed by atoms with Gasteiger partial charge in [-0.3, -0.25) is 9.59 Å². The van der Waals surface area contributed by atoms with Crippen LogP contribution in [-0.4, -0.2) is 37.7 Å². The molecule has 0 saturated heterocycles. The van der Waals surface area contributed by atoms with Crippen molar-refractivity contribution in [2.75, 3.05) is 12.8 Å². The van der Waals surface area contributed by atoms with Gasteiger partial charge in [-0.2, -0.15) is 0 Å². The van der Waals surface area contributed by atoms with Gasteiger partial charge in [0.1, 0.15) is 6.54 Å². The Balaban J connectivity index is 1.62. The Morgan fingerprint density at radius 1 is 1.25 bits per heavy atom. The van der Waals surface area contributed by atoms with Crippen molar-refractivity contribution >= 4 is 26.8 Å². The van der Waals surface area contributed by atoms with Crippen LogP contribution in [0.15, 0.2) is 35.1 Å². The van der Waals surface area contributed by atoms with Crippen LogP contribution in [0.25, 0.3) is 10.9 Å². The number of pyridine rings is 1. The number of nitrogens with one attached hydrogen (secondary N) is 2. The van der Waals surface area contributed by atoms with Gasteiger partial charge in [0.25, 0.3) is 0 Å². The zero-order chi connectivity index (χ0) is 20.3. The lowest BCUT2D eigenvalue weighted by Gasteiger charge is -2.29. The third-order valence-corrected chi connectivity index (χ3v) is 6.04. The molecule has 0 bridgehead atoms. The third-order valence-electron chi connectivity index (χ3n) is 5.28. The molecule has 1 amide bonds. The Morgan fingerprint density at radius 3 is 2.75 bits per heavy atom. The minimum Gasteiger partial charge on any atom is -0.354 e. The van der Waals surface area contributed by atoms with Crippen LogP contribution in [0.2, 0.25) is 0 Å². The highest BCUT2D eigenvalue weighted by Crippen LogP contribution is 2.24. The molecular weight excluding hydrogens is 378 g/mol. The van der Waals surface area contributed by atoms with E-state index in [1.54, 1.807) is 12.1 Å². The first kappa shape index (κ1) is 20.5. The Hall–Kier alpha value is -2.19. The smallest absolute Gasteiger partial charge is 0.239 e. The molecule has 1 aromatic heterocycles. The quantitative estimate of drug-likeness (QED) is 0.762. The molecule has 28 heavy (non-hydrogen) atoms. The first-order valence-electron chi connectivity index (χ1n) is 9.56. The van der Waals surface area contributed by atoms with Gasteiger partial charge in [-0.1, -0.05) is 18.6 Å². The number of rotatable bonds is 6. The summed E-state index contributed by atoms with van der Waals surface area (Å²) in [5.74, 6) is 0.138. The van der Waals surface area contributed by atoms with E-state index in [0.29, 0.717) is 11.9 Å². The van der Waals surface area contributed by atoms with Crippen molar-refractivity contribution in [2.45, 2.75) is 45.2 Å². The lowest BCUT2D eigenvalue weighted by atomic mass is 9.86. The number of carbonyl (C=O) groups is 1. The molecule has 1 aromatic carbocycles. The van der Waals surface area contributed by atoms with E-state index < -0.39 is 10.0 Å². The third kappa shape index (κ3) is 5.20. The second-order valence-corrected chi connectivity index (χ2v) is 9.46. The maximum absolute atomic E-state index is 12.5. The molecule has 0 spiro atoms. The Labute approximate surface area is 165 Å². The molecule has 0 unspecified atom stereocenters. The van der Waals surface area contributed by atoms with Crippen LogP contribution in [0.3, 0.4) is 0 Å². The summed E-state index contributed by atoms with van der Waals surface area (Å²) in [5.41, 5.74) is 1.45. The van der Waals surface area contributed by atoms with Gasteiger partial charge in [0.15, 0.2) is 5.43 Å². The fraction of sp³-hybridized carbons (Fsp3) is 0.500. The Kier molecular flexibility index (Phi) is 6.20. The second-order valence-electron chi connectivity index (χ2n) is 7.68. The van der Waals surface area contributed by atoms with Crippen LogP contribution in [0, 0.1) is 12.8 Å². The number of fused-ring (bicyclic) bond motifs is 1. The van der Waals surface area contributed by atoms with E-state index in [9.17, 15) is 18.0 Å². The van der Waals surface area contributed by atoms with Crippen LogP contribution in [-0.2, 0) is 21.4 Å². The van der Waals surface area contributed by atoms with Crippen LogP contribution < -0.4 is 15.5 Å². The van der Waals surface area contributed by atoms with Crippen molar-refractivity contribution in [3.8, 4) is 0 Å². The topological polar surface area (TPSA) is 97.3 Å². The number of hydrogen-bond donors (Lipinski definition) is 2. The van der Waals surface area contributed by atoms with E-state index in [4.69, 9.17) is 0 Å². The average Bonchev–Trinajstić information content (AvgIpc) is 2.62. The molecule has 1 aliphatic rings. The highest BCUT2D eigenvalue weighted by Gasteiger charge is 2.24. The van der Waals surface area contributed by atoms with Crippen LogP contribution in [0.5, 0.6) is 0 Å². The van der Waals surface area contributed by atoms with Crippen molar-refractivity contribution in [1.29, 1.82) is 0 Å². The molecule has 1 fully saturated rings. The number of aromatic nitrogens is 1. The molecule has 1 saturated carbocycles. The first-order chi connectivity index (χ1) is 13.2. The first-order valence-corrected chi connectivity index (χ1v) is 11.5. The standard InChI is InChI=1S/C20H27N3O4S/c1-14-10-19(24)17-8-3-4-9-18(17)23(14)13-20(25)21-12-15-6-5-7-16(11-15)22-28(2,26)27/h3-4,8-10,15-16,22H,5-7,11-13H2,1-2H3,(H,21,25)/t15-,16+/m1/s1. The number of benzene rings is 1. The van der Waals surface area contributed by atoms with Gasteiger partial charge in [0, 0.05) is 29.7 Å². The molecule has 2 atom stereocenters. The second kappa shape index (κ2) is 8.45. The number of para-hydroxylation sites is 1. The summed E-state index contributed by atoms with van der Waals surface area (Å²) >= 11 is 0. The highest BCUT2D eigenvalue weighted by atomic mass is 32.2. The normalized spacial score (nSPS) is 20.2. The maximum Gasteiger partial charge on any atom is 0.239 e. The summed E-state index contributed by atoms with van der Waals surface area (Å²) in [6.07, 6.45) is 4.66. The van der Waals surface area contributed by atoms with Crippen LogP contribution in [0.1, 0.15) is 31.4 Å². The Bertz CT molecular complexity index is 1030. The fourth-order valence-corrected chi connectivity index (χ4v) is 4.83. The lowest BCUT2D eigenvalue weighted by Crippen LogP contribution is -2.41. The fourth-order valence-electron chi connectivity index (χ4n) is 4.01. The minimum atomic E-state index is -3.21. The van der Waals surface area contributed by atoms with Crippen molar-refractivity contribution in [3.63, 3.8) is 0 Å². The number of aryl methyl sites for hydroxylation is 1. The van der Waals surface area contributed by atoms with Gasteiger partial charge in [0.05, 0.1) is 11.8 Å². The molecule has 3 rings (SSSR count). The average molecular weight is 406 g/mol. The van der Waals surface area contributed by atoms with Crippen LogP contribution in [0.4, 0.5) is 0 Å². The molecule has 0 radical (unpaired) electrons. The SMILES string of the molecule is Cc1cc(=O)c2ccccc2n1CC(=O)NC[C@@H]1CCC[C@H](NS(C)(=O)=O)C1. The molecule has 152 valence electrons. The van der Waals surface area contributed by atoms with Gasteiger partial charge in [-0.25, -0.2) is 13.1 Å². The number of nitrogens with zero attached hydrogens (tertiary/aromatic N) is 1. The van der Waals surface area contributed by atoms with Gasteiger partial charge in [-0.05, 0) is 44.2 Å². The molecule has 2 N–H and O–H groups in total. The van der Waals surface area contributed by atoms with Gasteiger partial charge in [-0.15, -0.1) is 0 Å². The van der Waals surface area contributed by atoms with E-state index in [2.05, 4.69) is 10.0 Å². The number of amides is 1. The molecule has 1 heterocycles. The highest BCUT2D eigenvalue weighted by molar-refractivity contribution is 7.88. The van der Waals surface area contributed by atoms with Crippen molar-refractivity contribution < 1.29 is 13.2 Å². The molecule has 7 nitrogen and oxygen atoms in total. The summed E-state index contributed by atoms with van der Waals surface area (Å²) in [5, 5.41) is 3.58. The summed E-state index contributed by atoms with van der Waals surface area (Å²) in [7, 11) is -3.21.